The predicted octanol–water partition coefficient (Wildman–Crippen LogP) is 3.28. The van der Waals surface area contributed by atoms with Crippen molar-refractivity contribution in [1.29, 1.82) is 0 Å². The lowest BCUT2D eigenvalue weighted by atomic mass is 10.2. The minimum absolute atomic E-state index is 0.155. The monoisotopic (exact) mass is 445 g/mol. The molecule has 0 saturated heterocycles. The highest BCUT2D eigenvalue weighted by molar-refractivity contribution is 9.10. The average Bonchev–Trinajstić information content (AvgIpc) is 2.99. The van der Waals surface area contributed by atoms with Gasteiger partial charge in [-0.05, 0) is 42.8 Å². The van der Waals surface area contributed by atoms with Gasteiger partial charge < -0.3 is 15.1 Å². The molecule has 0 aliphatic heterocycles. The molecule has 28 heavy (non-hydrogen) atoms. The Morgan fingerprint density at radius 3 is 2.54 bits per heavy atom. The number of fused-ring (bicyclic) bond motifs is 1. The van der Waals surface area contributed by atoms with Crippen LogP contribution in [-0.4, -0.2) is 22.9 Å². The molecule has 146 valence electrons. The number of carbonyl (C=O) groups excluding carboxylic acids is 2. The number of aryl methyl sites for hydroxylation is 1. The van der Waals surface area contributed by atoms with E-state index in [-0.39, 0.29) is 31.2 Å². The van der Waals surface area contributed by atoms with E-state index in [2.05, 4.69) is 26.6 Å². The normalized spacial score (nSPS) is 10.8. The maximum atomic E-state index is 11.9. The Bertz CT molecular complexity index is 1020. The van der Waals surface area contributed by atoms with Crippen LogP contribution < -0.4 is 16.4 Å². The standard InChI is InChI=1S/C20H20BrN3O4/c21-14-7-9-15(10-8-14)23-19(26)11-12-22-18(25)6-3-13-24-16-4-1-2-5-17(16)28-20(24)27/h1-2,4-5,7-10H,3,6,11-13H2,(H,22,25)(H,23,26). The molecule has 0 aliphatic rings. The van der Waals surface area contributed by atoms with E-state index < -0.39 is 5.76 Å². The van der Waals surface area contributed by atoms with Crippen LogP contribution in [-0.2, 0) is 16.1 Å². The van der Waals surface area contributed by atoms with Crippen molar-refractivity contribution in [3.63, 3.8) is 0 Å². The highest BCUT2D eigenvalue weighted by atomic mass is 79.9. The fourth-order valence-corrected chi connectivity index (χ4v) is 3.05. The van der Waals surface area contributed by atoms with Crippen LogP contribution >= 0.6 is 15.9 Å². The minimum Gasteiger partial charge on any atom is -0.408 e. The van der Waals surface area contributed by atoms with E-state index in [1.807, 2.05) is 24.3 Å². The van der Waals surface area contributed by atoms with Gasteiger partial charge in [-0.25, -0.2) is 4.79 Å². The Morgan fingerprint density at radius 1 is 1.00 bits per heavy atom. The number of halogens is 1. The molecule has 1 heterocycles. The summed E-state index contributed by atoms with van der Waals surface area (Å²) in [5, 5.41) is 5.49. The second-order valence-electron chi connectivity index (χ2n) is 6.25. The zero-order chi connectivity index (χ0) is 19.9. The summed E-state index contributed by atoms with van der Waals surface area (Å²) in [6.45, 7) is 0.656. The van der Waals surface area contributed by atoms with Gasteiger partial charge in [0.15, 0.2) is 5.58 Å². The molecule has 2 amide bonds. The lowest BCUT2D eigenvalue weighted by Crippen LogP contribution is -2.28. The first-order valence-electron chi connectivity index (χ1n) is 8.93. The van der Waals surface area contributed by atoms with E-state index in [4.69, 9.17) is 4.42 Å². The van der Waals surface area contributed by atoms with Crippen LogP contribution in [0.2, 0.25) is 0 Å². The first-order chi connectivity index (χ1) is 13.5. The first kappa shape index (κ1) is 19.9. The van der Waals surface area contributed by atoms with Crippen LogP contribution in [0.4, 0.5) is 5.69 Å². The molecule has 0 spiro atoms. The molecule has 8 heteroatoms. The lowest BCUT2D eigenvalue weighted by molar-refractivity contribution is -0.121. The van der Waals surface area contributed by atoms with Crippen molar-refractivity contribution < 1.29 is 14.0 Å². The van der Waals surface area contributed by atoms with Crippen molar-refractivity contribution in [3.05, 3.63) is 63.6 Å². The van der Waals surface area contributed by atoms with Crippen molar-refractivity contribution in [2.45, 2.75) is 25.8 Å². The third-order valence-corrected chi connectivity index (χ3v) is 4.69. The molecule has 7 nitrogen and oxygen atoms in total. The fraction of sp³-hybridized carbons (Fsp3) is 0.250. The molecule has 0 bridgehead atoms. The SMILES string of the molecule is O=C(CCCn1c(=O)oc2ccccc21)NCCC(=O)Nc1ccc(Br)cc1. The molecule has 0 radical (unpaired) electrons. The fourth-order valence-electron chi connectivity index (χ4n) is 2.78. The molecule has 0 unspecified atom stereocenters. The second kappa shape index (κ2) is 9.36. The number of anilines is 1. The van der Waals surface area contributed by atoms with E-state index in [9.17, 15) is 14.4 Å². The molecule has 3 aromatic rings. The number of oxazole rings is 1. The highest BCUT2D eigenvalue weighted by Crippen LogP contribution is 2.14. The van der Waals surface area contributed by atoms with Gasteiger partial charge in [-0.3, -0.25) is 14.2 Å². The third-order valence-electron chi connectivity index (χ3n) is 4.16. The summed E-state index contributed by atoms with van der Waals surface area (Å²) in [6, 6.07) is 14.4. The molecule has 0 saturated carbocycles. The number of benzene rings is 2. The van der Waals surface area contributed by atoms with Crippen molar-refractivity contribution in [2.24, 2.45) is 0 Å². The predicted molar refractivity (Wildman–Crippen MR) is 110 cm³/mol. The number of hydrogen-bond donors (Lipinski definition) is 2. The molecule has 2 aromatic carbocycles. The van der Waals surface area contributed by atoms with Crippen LogP contribution in [0.3, 0.4) is 0 Å². The van der Waals surface area contributed by atoms with Gasteiger partial charge in [0.2, 0.25) is 11.8 Å². The van der Waals surface area contributed by atoms with Crippen molar-refractivity contribution in [3.8, 4) is 0 Å². The van der Waals surface area contributed by atoms with Crippen molar-refractivity contribution >= 4 is 44.5 Å². The topological polar surface area (TPSA) is 93.3 Å². The Kier molecular flexibility index (Phi) is 6.65. The van der Waals surface area contributed by atoms with E-state index in [0.717, 1.165) is 9.99 Å². The Balaban J connectivity index is 1.37. The summed E-state index contributed by atoms with van der Waals surface area (Å²) in [4.78, 5) is 35.7. The van der Waals surface area contributed by atoms with Crippen LogP contribution in [0.1, 0.15) is 19.3 Å². The Hall–Kier alpha value is -2.87. The maximum Gasteiger partial charge on any atom is 0.419 e. The molecule has 0 atom stereocenters. The van der Waals surface area contributed by atoms with Gasteiger partial charge in [-0.2, -0.15) is 0 Å². The van der Waals surface area contributed by atoms with E-state index >= 15 is 0 Å². The molecule has 0 fully saturated rings. The molecule has 0 aliphatic carbocycles. The summed E-state index contributed by atoms with van der Waals surface area (Å²) in [5.74, 6) is -0.748. The maximum absolute atomic E-state index is 11.9. The van der Waals surface area contributed by atoms with Gasteiger partial charge in [0, 0.05) is 36.1 Å². The third kappa shape index (κ3) is 5.32. The van der Waals surface area contributed by atoms with Crippen molar-refractivity contribution in [2.75, 3.05) is 11.9 Å². The molecule has 1 aromatic heterocycles. The molecular formula is C20H20BrN3O4. The number of amides is 2. The molecule has 2 N–H and O–H groups in total. The second-order valence-corrected chi connectivity index (χ2v) is 7.16. The molecular weight excluding hydrogens is 426 g/mol. The Morgan fingerprint density at radius 2 is 1.75 bits per heavy atom. The summed E-state index contributed by atoms with van der Waals surface area (Å²) < 4.78 is 7.62. The van der Waals surface area contributed by atoms with E-state index in [1.165, 1.54) is 4.57 Å². The number of aromatic nitrogens is 1. The average molecular weight is 446 g/mol. The number of rotatable bonds is 8. The largest absolute Gasteiger partial charge is 0.419 e. The van der Waals surface area contributed by atoms with Crippen molar-refractivity contribution in [1.82, 2.24) is 9.88 Å². The van der Waals surface area contributed by atoms with Crippen LogP contribution in [0.5, 0.6) is 0 Å². The van der Waals surface area contributed by atoms with Gasteiger partial charge in [-0.1, -0.05) is 28.1 Å². The van der Waals surface area contributed by atoms with Crippen LogP contribution in [0.15, 0.2) is 62.2 Å². The summed E-state index contributed by atoms with van der Waals surface area (Å²) in [5.41, 5.74) is 1.96. The van der Waals surface area contributed by atoms with Gasteiger partial charge in [0.25, 0.3) is 0 Å². The first-order valence-corrected chi connectivity index (χ1v) is 9.73. The summed E-state index contributed by atoms with van der Waals surface area (Å²) >= 11 is 3.33. The minimum atomic E-state index is -0.425. The number of para-hydroxylation sites is 2. The van der Waals surface area contributed by atoms with E-state index in [0.29, 0.717) is 24.2 Å². The lowest BCUT2D eigenvalue weighted by Gasteiger charge is -2.07. The number of carbonyl (C=O) groups is 2. The van der Waals surface area contributed by atoms with Gasteiger partial charge >= 0.3 is 5.76 Å². The summed E-state index contributed by atoms with van der Waals surface area (Å²) in [6.07, 6.45) is 0.953. The van der Waals surface area contributed by atoms with Gasteiger partial charge in [0.1, 0.15) is 0 Å². The number of hydrogen-bond acceptors (Lipinski definition) is 4. The summed E-state index contributed by atoms with van der Waals surface area (Å²) in [7, 11) is 0. The zero-order valence-electron chi connectivity index (χ0n) is 15.1. The van der Waals surface area contributed by atoms with Gasteiger partial charge in [0.05, 0.1) is 5.52 Å². The van der Waals surface area contributed by atoms with Crippen LogP contribution in [0.25, 0.3) is 11.1 Å². The van der Waals surface area contributed by atoms with Gasteiger partial charge in [-0.15, -0.1) is 0 Å². The number of nitrogens with one attached hydrogen (secondary N) is 2. The highest BCUT2D eigenvalue weighted by Gasteiger charge is 2.09. The van der Waals surface area contributed by atoms with E-state index in [1.54, 1.807) is 24.3 Å². The smallest absolute Gasteiger partial charge is 0.408 e. The van der Waals surface area contributed by atoms with Crippen LogP contribution in [0, 0.1) is 0 Å². The Labute approximate surface area is 169 Å². The zero-order valence-corrected chi connectivity index (χ0v) is 16.7. The quantitative estimate of drug-likeness (QED) is 0.556. The molecule has 3 rings (SSSR count). The number of nitrogens with zero attached hydrogens (tertiary/aromatic N) is 1.